The van der Waals surface area contributed by atoms with Gasteiger partial charge in [0.2, 0.25) is 0 Å². The Labute approximate surface area is 124 Å². The van der Waals surface area contributed by atoms with E-state index >= 15 is 0 Å². The minimum Gasteiger partial charge on any atom is -0.490 e. The van der Waals surface area contributed by atoms with Crippen LogP contribution in [0, 0.1) is 0 Å². The summed E-state index contributed by atoms with van der Waals surface area (Å²) in [6, 6.07) is 5.41. The van der Waals surface area contributed by atoms with E-state index in [4.69, 9.17) is 14.2 Å². The van der Waals surface area contributed by atoms with Gasteiger partial charge in [-0.2, -0.15) is 0 Å². The zero-order chi connectivity index (χ0) is 14.8. The first-order valence-electron chi connectivity index (χ1n) is 7.48. The molecule has 3 rings (SSSR count). The highest BCUT2D eigenvalue weighted by atomic mass is 16.5. The first-order chi connectivity index (χ1) is 10.1. The van der Waals surface area contributed by atoms with Crippen molar-refractivity contribution >= 4 is 5.91 Å². The first-order valence-corrected chi connectivity index (χ1v) is 7.48. The number of rotatable bonds is 1. The quantitative estimate of drug-likeness (QED) is 0.795. The van der Waals surface area contributed by atoms with Gasteiger partial charge in [0.1, 0.15) is 0 Å². The van der Waals surface area contributed by atoms with Gasteiger partial charge in [0.15, 0.2) is 11.5 Å². The van der Waals surface area contributed by atoms with Gasteiger partial charge in [-0.3, -0.25) is 4.79 Å². The second-order valence-corrected chi connectivity index (χ2v) is 5.68. The second kappa shape index (κ2) is 5.93. The Balaban J connectivity index is 1.80. The van der Waals surface area contributed by atoms with E-state index in [-0.39, 0.29) is 18.1 Å². The van der Waals surface area contributed by atoms with Gasteiger partial charge in [-0.15, -0.1) is 0 Å². The summed E-state index contributed by atoms with van der Waals surface area (Å²) in [4.78, 5) is 14.5. The molecular weight excluding hydrogens is 270 g/mol. The molecule has 0 saturated carbocycles. The van der Waals surface area contributed by atoms with E-state index in [1.807, 2.05) is 24.8 Å². The summed E-state index contributed by atoms with van der Waals surface area (Å²) in [7, 11) is 0. The molecule has 5 nitrogen and oxygen atoms in total. The number of ether oxygens (including phenoxy) is 3. The van der Waals surface area contributed by atoms with Crippen LogP contribution in [0.4, 0.5) is 0 Å². The van der Waals surface area contributed by atoms with Crippen LogP contribution in [-0.4, -0.2) is 49.3 Å². The summed E-state index contributed by atoms with van der Waals surface area (Å²) in [5.41, 5.74) is 0.639. The maximum atomic E-state index is 12.6. The lowest BCUT2D eigenvalue weighted by atomic mass is 10.1. The summed E-state index contributed by atoms with van der Waals surface area (Å²) in [5.74, 6) is 1.40. The molecule has 1 fully saturated rings. The van der Waals surface area contributed by atoms with E-state index in [1.54, 1.807) is 12.1 Å². The van der Waals surface area contributed by atoms with Crippen molar-refractivity contribution in [1.82, 2.24) is 4.90 Å². The SMILES string of the molecule is CC1CN(C(=O)c2ccc3c(c2)OCCCO3)CC(C)O1. The van der Waals surface area contributed by atoms with Crippen LogP contribution in [0.2, 0.25) is 0 Å². The molecule has 0 N–H and O–H groups in total. The van der Waals surface area contributed by atoms with E-state index in [2.05, 4.69) is 0 Å². The van der Waals surface area contributed by atoms with Gasteiger partial charge >= 0.3 is 0 Å². The van der Waals surface area contributed by atoms with Crippen LogP contribution >= 0.6 is 0 Å². The normalized spacial score (nSPS) is 25.3. The molecule has 0 radical (unpaired) electrons. The van der Waals surface area contributed by atoms with Gasteiger partial charge in [0, 0.05) is 25.1 Å². The van der Waals surface area contributed by atoms with Gasteiger partial charge in [0.05, 0.1) is 25.4 Å². The molecule has 0 aromatic heterocycles. The minimum absolute atomic E-state index is 0.0210. The van der Waals surface area contributed by atoms with E-state index in [0.29, 0.717) is 43.4 Å². The molecule has 114 valence electrons. The van der Waals surface area contributed by atoms with Gasteiger partial charge in [-0.1, -0.05) is 0 Å². The molecule has 2 aliphatic heterocycles. The van der Waals surface area contributed by atoms with Crippen LogP contribution in [-0.2, 0) is 4.74 Å². The Bertz CT molecular complexity index is 521. The first kappa shape index (κ1) is 14.2. The molecule has 2 heterocycles. The van der Waals surface area contributed by atoms with E-state index in [9.17, 15) is 4.79 Å². The van der Waals surface area contributed by atoms with Crippen molar-refractivity contribution in [3.05, 3.63) is 23.8 Å². The molecule has 2 atom stereocenters. The molecule has 0 spiro atoms. The fraction of sp³-hybridized carbons (Fsp3) is 0.562. The summed E-state index contributed by atoms with van der Waals surface area (Å²) in [6.07, 6.45) is 0.993. The fourth-order valence-corrected chi connectivity index (χ4v) is 2.82. The van der Waals surface area contributed by atoms with Crippen LogP contribution in [0.25, 0.3) is 0 Å². The Morgan fingerprint density at radius 2 is 1.76 bits per heavy atom. The van der Waals surface area contributed by atoms with Crippen LogP contribution in [0.5, 0.6) is 11.5 Å². The predicted octanol–water partition coefficient (Wildman–Crippen LogP) is 2.10. The van der Waals surface area contributed by atoms with Crippen molar-refractivity contribution in [1.29, 1.82) is 0 Å². The number of amides is 1. The van der Waals surface area contributed by atoms with Crippen LogP contribution in [0.1, 0.15) is 30.6 Å². The zero-order valence-corrected chi connectivity index (χ0v) is 12.5. The van der Waals surface area contributed by atoms with Crippen molar-refractivity contribution in [2.75, 3.05) is 26.3 Å². The van der Waals surface area contributed by atoms with Crippen LogP contribution in [0.3, 0.4) is 0 Å². The molecule has 1 saturated heterocycles. The van der Waals surface area contributed by atoms with E-state index in [1.165, 1.54) is 0 Å². The van der Waals surface area contributed by atoms with Gasteiger partial charge in [-0.05, 0) is 32.0 Å². The number of carbonyl (C=O) groups excluding carboxylic acids is 1. The molecule has 0 bridgehead atoms. The van der Waals surface area contributed by atoms with Gasteiger partial charge in [-0.25, -0.2) is 0 Å². The van der Waals surface area contributed by atoms with Crippen molar-refractivity contribution in [2.24, 2.45) is 0 Å². The van der Waals surface area contributed by atoms with Crippen molar-refractivity contribution in [3.63, 3.8) is 0 Å². The molecule has 2 aliphatic rings. The van der Waals surface area contributed by atoms with Gasteiger partial charge in [0.25, 0.3) is 5.91 Å². The Kier molecular flexibility index (Phi) is 4.01. The third-order valence-corrected chi connectivity index (χ3v) is 3.70. The minimum atomic E-state index is 0.0210. The zero-order valence-electron chi connectivity index (χ0n) is 12.5. The van der Waals surface area contributed by atoms with Crippen molar-refractivity contribution < 1.29 is 19.0 Å². The number of hydrogen-bond acceptors (Lipinski definition) is 4. The fourth-order valence-electron chi connectivity index (χ4n) is 2.82. The number of morpholine rings is 1. The standard InChI is InChI=1S/C16H21NO4/c1-11-9-17(10-12(2)21-11)16(18)13-4-5-14-15(8-13)20-7-3-6-19-14/h4-5,8,11-12H,3,6-7,9-10H2,1-2H3. The topological polar surface area (TPSA) is 48.0 Å². The summed E-state index contributed by atoms with van der Waals surface area (Å²) in [5, 5.41) is 0. The molecular formula is C16H21NO4. The highest BCUT2D eigenvalue weighted by Gasteiger charge is 2.27. The lowest BCUT2D eigenvalue weighted by Gasteiger charge is -2.35. The highest BCUT2D eigenvalue weighted by Crippen LogP contribution is 2.31. The lowest BCUT2D eigenvalue weighted by molar-refractivity contribution is -0.0586. The number of benzene rings is 1. The summed E-state index contributed by atoms with van der Waals surface area (Å²) >= 11 is 0. The predicted molar refractivity (Wildman–Crippen MR) is 78.0 cm³/mol. The molecule has 1 aromatic rings. The molecule has 1 aromatic carbocycles. The largest absolute Gasteiger partial charge is 0.490 e. The molecule has 2 unspecified atom stereocenters. The van der Waals surface area contributed by atoms with E-state index < -0.39 is 0 Å². The van der Waals surface area contributed by atoms with E-state index in [0.717, 1.165) is 6.42 Å². The van der Waals surface area contributed by atoms with Crippen molar-refractivity contribution in [3.8, 4) is 11.5 Å². The van der Waals surface area contributed by atoms with Crippen molar-refractivity contribution in [2.45, 2.75) is 32.5 Å². The average Bonchev–Trinajstić information content (AvgIpc) is 2.69. The van der Waals surface area contributed by atoms with Crippen LogP contribution < -0.4 is 9.47 Å². The average molecular weight is 291 g/mol. The Morgan fingerprint density at radius 1 is 1.10 bits per heavy atom. The number of hydrogen-bond donors (Lipinski definition) is 0. The maximum Gasteiger partial charge on any atom is 0.254 e. The Morgan fingerprint density at radius 3 is 2.48 bits per heavy atom. The summed E-state index contributed by atoms with van der Waals surface area (Å²) in [6.45, 7) is 6.50. The lowest BCUT2D eigenvalue weighted by Crippen LogP contribution is -2.48. The third-order valence-electron chi connectivity index (χ3n) is 3.70. The molecule has 0 aliphatic carbocycles. The third kappa shape index (κ3) is 3.13. The Hall–Kier alpha value is -1.75. The van der Waals surface area contributed by atoms with Crippen LogP contribution in [0.15, 0.2) is 18.2 Å². The summed E-state index contributed by atoms with van der Waals surface area (Å²) < 4.78 is 16.9. The molecule has 1 amide bonds. The number of carbonyl (C=O) groups is 1. The number of fused-ring (bicyclic) bond motifs is 1. The second-order valence-electron chi connectivity index (χ2n) is 5.68. The number of nitrogens with zero attached hydrogens (tertiary/aromatic N) is 1. The molecule has 5 heteroatoms. The highest BCUT2D eigenvalue weighted by molar-refractivity contribution is 5.95. The van der Waals surface area contributed by atoms with Gasteiger partial charge < -0.3 is 19.1 Å². The monoisotopic (exact) mass is 291 g/mol. The molecule has 21 heavy (non-hydrogen) atoms. The maximum absolute atomic E-state index is 12.6. The smallest absolute Gasteiger partial charge is 0.254 e.